The molecule has 0 spiro atoms. The van der Waals surface area contributed by atoms with E-state index in [2.05, 4.69) is 0 Å². The van der Waals surface area contributed by atoms with E-state index in [1.54, 1.807) is 13.8 Å². The van der Waals surface area contributed by atoms with Crippen molar-refractivity contribution in [3.63, 3.8) is 0 Å². The quantitative estimate of drug-likeness (QED) is 0.352. The lowest BCUT2D eigenvalue weighted by atomic mass is 9.94. The highest BCUT2D eigenvalue weighted by Crippen LogP contribution is 2.32. The van der Waals surface area contributed by atoms with Gasteiger partial charge < -0.3 is 49.2 Å². The first-order valence-corrected chi connectivity index (χ1v) is 8.40. The van der Waals surface area contributed by atoms with Crippen LogP contribution >= 0.6 is 0 Å². The predicted octanol–water partition coefficient (Wildman–Crippen LogP) is -2.92. The molecule has 0 aromatic heterocycles. The number of ether oxygens (including phenoxy) is 5. The Morgan fingerprint density at radius 1 is 0.920 bits per heavy atom. The van der Waals surface area contributed by atoms with Crippen molar-refractivity contribution in [3.05, 3.63) is 0 Å². The normalized spacial score (nSPS) is 54.1. The molecular weight excluding hydrogens is 340 g/mol. The Kier molecular flexibility index (Phi) is 5.95. The molecule has 3 heterocycles. The van der Waals surface area contributed by atoms with Gasteiger partial charge in [0.2, 0.25) is 0 Å². The minimum atomic E-state index is -1.45. The van der Waals surface area contributed by atoms with Crippen LogP contribution in [-0.4, -0.2) is 106 Å². The van der Waals surface area contributed by atoms with E-state index in [9.17, 15) is 25.5 Å². The highest BCUT2D eigenvalue weighted by Gasteiger charge is 2.51. The number of fused-ring (bicyclic) bond motifs is 1. The zero-order valence-electron chi connectivity index (χ0n) is 14.0. The molecule has 10 nitrogen and oxygen atoms in total. The standard InChI is InChI=1S/C15H26O10/c1-5-9(17)10(18)13(7(3-16)22-5)25-15-12(20)11(19)14-8(24-15)4-21-6(2)23-14/h5-20H,3-4H2,1-2H3/t5-,6?,7?,8?,9?,10+,11+,12?,13-,14-,15-/m0/s1. The number of aliphatic hydroxyl groups is 5. The highest BCUT2D eigenvalue weighted by molar-refractivity contribution is 4.95. The van der Waals surface area contributed by atoms with Gasteiger partial charge in [-0.3, -0.25) is 0 Å². The second-order valence-corrected chi connectivity index (χ2v) is 6.67. The molecule has 0 aliphatic carbocycles. The lowest BCUT2D eigenvalue weighted by molar-refractivity contribution is -0.374. The van der Waals surface area contributed by atoms with E-state index in [4.69, 9.17) is 23.7 Å². The SMILES string of the molecule is CC1OCC2O[C@@H](O[C@H]3C(CO)O[C@@H](C)C(O)[C@H]3O)C(O)[C@@H](O)[C@H]2O1. The first kappa shape index (κ1) is 19.4. The van der Waals surface area contributed by atoms with Gasteiger partial charge in [-0.25, -0.2) is 0 Å². The van der Waals surface area contributed by atoms with Crippen molar-refractivity contribution in [1.82, 2.24) is 0 Å². The second-order valence-electron chi connectivity index (χ2n) is 6.67. The van der Waals surface area contributed by atoms with E-state index in [0.29, 0.717) is 0 Å². The van der Waals surface area contributed by atoms with Crippen LogP contribution < -0.4 is 0 Å². The van der Waals surface area contributed by atoms with Crippen LogP contribution in [-0.2, 0) is 23.7 Å². The Bertz CT molecular complexity index is 446. The highest BCUT2D eigenvalue weighted by atomic mass is 16.8. The Morgan fingerprint density at radius 2 is 1.64 bits per heavy atom. The van der Waals surface area contributed by atoms with E-state index >= 15 is 0 Å². The Morgan fingerprint density at radius 3 is 2.32 bits per heavy atom. The lowest BCUT2D eigenvalue weighted by Gasteiger charge is -2.48. The van der Waals surface area contributed by atoms with Crippen molar-refractivity contribution in [2.75, 3.05) is 13.2 Å². The van der Waals surface area contributed by atoms with Gasteiger partial charge >= 0.3 is 0 Å². The minimum absolute atomic E-state index is 0.141. The topological polar surface area (TPSA) is 147 Å². The summed E-state index contributed by atoms with van der Waals surface area (Å²) in [5.41, 5.74) is 0. The molecule has 3 fully saturated rings. The average Bonchev–Trinajstić information content (AvgIpc) is 2.60. The minimum Gasteiger partial charge on any atom is -0.394 e. The van der Waals surface area contributed by atoms with Crippen LogP contribution in [0, 0.1) is 0 Å². The fraction of sp³-hybridized carbons (Fsp3) is 1.00. The maximum absolute atomic E-state index is 10.3. The van der Waals surface area contributed by atoms with E-state index < -0.39 is 74.1 Å². The molecule has 3 aliphatic heterocycles. The number of hydrogen-bond acceptors (Lipinski definition) is 10. The molecule has 0 aromatic carbocycles. The number of hydrogen-bond donors (Lipinski definition) is 5. The Labute approximate surface area is 144 Å². The first-order valence-electron chi connectivity index (χ1n) is 8.40. The molecule has 3 aliphatic rings. The van der Waals surface area contributed by atoms with E-state index in [-0.39, 0.29) is 6.61 Å². The molecule has 0 amide bonds. The maximum atomic E-state index is 10.3. The molecular formula is C15H26O10. The summed E-state index contributed by atoms with van der Waals surface area (Å²) < 4.78 is 27.4. The van der Waals surface area contributed by atoms with Gasteiger partial charge in [0.25, 0.3) is 0 Å². The summed E-state index contributed by atoms with van der Waals surface area (Å²) in [7, 11) is 0. The summed E-state index contributed by atoms with van der Waals surface area (Å²) in [5.74, 6) is 0. The first-order chi connectivity index (χ1) is 11.8. The van der Waals surface area contributed by atoms with Crippen LogP contribution in [0.25, 0.3) is 0 Å². The summed E-state index contributed by atoms with van der Waals surface area (Å²) in [5, 5.41) is 50.2. The predicted molar refractivity (Wildman–Crippen MR) is 79.3 cm³/mol. The van der Waals surface area contributed by atoms with Gasteiger partial charge in [0.1, 0.15) is 48.8 Å². The van der Waals surface area contributed by atoms with E-state index in [0.717, 1.165) is 0 Å². The van der Waals surface area contributed by atoms with E-state index in [1.165, 1.54) is 0 Å². The van der Waals surface area contributed by atoms with Crippen LogP contribution in [0.2, 0.25) is 0 Å². The van der Waals surface area contributed by atoms with Crippen molar-refractivity contribution < 1.29 is 49.2 Å². The Hall–Kier alpha value is -0.400. The molecule has 0 bridgehead atoms. The zero-order chi connectivity index (χ0) is 18.3. The van der Waals surface area contributed by atoms with Crippen LogP contribution in [0.5, 0.6) is 0 Å². The molecule has 11 atom stereocenters. The summed E-state index contributed by atoms with van der Waals surface area (Å²) in [4.78, 5) is 0. The van der Waals surface area contributed by atoms with Gasteiger partial charge in [0, 0.05) is 0 Å². The third-order valence-electron chi connectivity index (χ3n) is 4.88. The van der Waals surface area contributed by atoms with E-state index in [1.807, 2.05) is 0 Å². The van der Waals surface area contributed by atoms with Gasteiger partial charge in [0.15, 0.2) is 12.6 Å². The molecule has 5 N–H and O–H groups in total. The monoisotopic (exact) mass is 366 g/mol. The van der Waals surface area contributed by atoms with Crippen molar-refractivity contribution in [1.29, 1.82) is 0 Å². The molecule has 3 rings (SSSR count). The van der Waals surface area contributed by atoms with Crippen LogP contribution in [0.1, 0.15) is 13.8 Å². The van der Waals surface area contributed by atoms with Crippen molar-refractivity contribution in [3.8, 4) is 0 Å². The fourth-order valence-corrected chi connectivity index (χ4v) is 3.41. The molecule has 10 heteroatoms. The number of aliphatic hydroxyl groups excluding tert-OH is 5. The molecule has 0 aromatic rings. The largest absolute Gasteiger partial charge is 0.394 e. The van der Waals surface area contributed by atoms with Gasteiger partial charge in [0.05, 0.1) is 19.3 Å². The molecule has 3 saturated heterocycles. The third-order valence-corrected chi connectivity index (χ3v) is 4.88. The smallest absolute Gasteiger partial charge is 0.187 e. The molecule has 25 heavy (non-hydrogen) atoms. The summed E-state index contributed by atoms with van der Waals surface area (Å²) in [6, 6.07) is 0. The molecule has 0 saturated carbocycles. The number of rotatable bonds is 3. The van der Waals surface area contributed by atoms with Gasteiger partial charge in [-0.05, 0) is 13.8 Å². The molecule has 5 unspecified atom stereocenters. The summed E-state index contributed by atoms with van der Waals surface area (Å²) >= 11 is 0. The summed E-state index contributed by atoms with van der Waals surface area (Å²) in [6.45, 7) is 2.91. The van der Waals surface area contributed by atoms with Crippen molar-refractivity contribution in [2.24, 2.45) is 0 Å². The van der Waals surface area contributed by atoms with Crippen molar-refractivity contribution >= 4 is 0 Å². The van der Waals surface area contributed by atoms with Gasteiger partial charge in [-0.1, -0.05) is 0 Å². The molecule has 146 valence electrons. The van der Waals surface area contributed by atoms with Crippen LogP contribution in [0.3, 0.4) is 0 Å². The summed E-state index contributed by atoms with van der Waals surface area (Å²) in [6.07, 6.45) is -11.4. The van der Waals surface area contributed by atoms with Gasteiger partial charge in [-0.2, -0.15) is 0 Å². The average molecular weight is 366 g/mol. The lowest BCUT2D eigenvalue weighted by Crippen LogP contribution is -2.65. The molecule has 0 radical (unpaired) electrons. The van der Waals surface area contributed by atoms with Crippen molar-refractivity contribution in [2.45, 2.75) is 81.4 Å². The second kappa shape index (κ2) is 7.69. The third kappa shape index (κ3) is 3.69. The van der Waals surface area contributed by atoms with Gasteiger partial charge in [-0.15, -0.1) is 0 Å². The zero-order valence-corrected chi connectivity index (χ0v) is 14.0. The fourth-order valence-electron chi connectivity index (χ4n) is 3.41. The van der Waals surface area contributed by atoms with Crippen LogP contribution in [0.4, 0.5) is 0 Å². The Balaban J connectivity index is 1.71. The maximum Gasteiger partial charge on any atom is 0.187 e. The van der Waals surface area contributed by atoms with Crippen LogP contribution in [0.15, 0.2) is 0 Å².